The van der Waals surface area contributed by atoms with Crippen LogP contribution in [-0.2, 0) is 0 Å². The zero-order valence-electron chi connectivity index (χ0n) is 8.64. The molecule has 0 saturated carbocycles. The number of piperazine rings is 1. The van der Waals surface area contributed by atoms with Crippen molar-refractivity contribution >= 4 is 23.5 Å². The first-order valence-corrected chi connectivity index (χ1v) is 5.39. The minimum atomic E-state index is -0.858. The van der Waals surface area contributed by atoms with Crippen molar-refractivity contribution in [3.63, 3.8) is 0 Å². The van der Waals surface area contributed by atoms with Crippen LogP contribution in [0, 0.1) is 0 Å². The highest BCUT2D eigenvalue weighted by atomic mass is 35.5. The third kappa shape index (κ3) is 2.36. The van der Waals surface area contributed by atoms with Crippen LogP contribution in [0.5, 0.6) is 0 Å². The number of amides is 1. The lowest BCUT2D eigenvalue weighted by Gasteiger charge is -2.33. The molecule has 0 unspecified atom stereocenters. The maximum absolute atomic E-state index is 10.7. The van der Waals surface area contributed by atoms with Gasteiger partial charge in [0.05, 0.1) is 5.02 Å². The summed E-state index contributed by atoms with van der Waals surface area (Å²) in [6.45, 7) is 2.36. The highest BCUT2D eigenvalue weighted by Gasteiger charge is 2.20. The van der Waals surface area contributed by atoms with Crippen molar-refractivity contribution in [1.29, 1.82) is 0 Å². The van der Waals surface area contributed by atoms with Gasteiger partial charge in [0.25, 0.3) is 0 Å². The largest absolute Gasteiger partial charge is 0.465 e. The van der Waals surface area contributed by atoms with E-state index >= 15 is 0 Å². The van der Waals surface area contributed by atoms with Gasteiger partial charge in [0, 0.05) is 32.4 Å². The molecule has 1 aliphatic rings. The Kier molecular flexibility index (Phi) is 3.14. The summed E-state index contributed by atoms with van der Waals surface area (Å²) in [7, 11) is 0. The molecule has 1 aliphatic heterocycles. The maximum Gasteiger partial charge on any atom is 0.407 e. The van der Waals surface area contributed by atoms with Gasteiger partial charge in [0.2, 0.25) is 0 Å². The van der Waals surface area contributed by atoms with Gasteiger partial charge in [-0.3, -0.25) is 0 Å². The average molecular weight is 242 g/mol. The third-order valence-electron chi connectivity index (χ3n) is 2.59. The minimum Gasteiger partial charge on any atom is -0.465 e. The van der Waals surface area contributed by atoms with Crippen molar-refractivity contribution in [3.8, 4) is 0 Å². The van der Waals surface area contributed by atoms with E-state index in [2.05, 4.69) is 9.88 Å². The van der Waals surface area contributed by atoms with Crippen molar-refractivity contribution in [3.05, 3.63) is 23.4 Å². The quantitative estimate of drug-likeness (QED) is 0.810. The Morgan fingerprint density at radius 3 is 2.50 bits per heavy atom. The molecule has 0 aromatic carbocycles. The molecule has 2 rings (SSSR count). The van der Waals surface area contributed by atoms with Gasteiger partial charge in [-0.1, -0.05) is 11.6 Å². The van der Waals surface area contributed by atoms with Gasteiger partial charge in [-0.05, 0) is 12.1 Å². The van der Waals surface area contributed by atoms with Crippen molar-refractivity contribution in [2.45, 2.75) is 0 Å². The summed E-state index contributed by atoms with van der Waals surface area (Å²) in [5.41, 5.74) is 0. The fraction of sp³-hybridized carbons (Fsp3) is 0.400. The first-order chi connectivity index (χ1) is 7.66. The molecule has 1 amide bonds. The number of rotatable bonds is 1. The number of hydrogen-bond acceptors (Lipinski definition) is 3. The molecule has 1 saturated heterocycles. The van der Waals surface area contributed by atoms with Crippen molar-refractivity contribution in [2.75, 3.05) is 31.1 Å². The zero-order valence-corrected chi connectivity index (χ0v) is 9.39. The molecule has 0 bridgehead atoms. The fourth-order valence-electron chi connectivity index (χ4n) is 1.68. The van der Waals surface area contributed by atoms with Crippen LogP contribution in [0.2, 0.25) is 5.02 Å². The van der Waals surface area contributed by atoms with Crippen molar-refractivity contribution in [2.24, 2.45) is 0 Å². The smallest absolute Gasteiger partial charge is 0.407 e. The van der Waals surface area contributed by atoms with E-state index in [4.69, 9.17) is 16.7 Å². The molecular weight excluding hydrogens is 230 g/mol. The molecule has 5 nitrogen and oxygen atoms in total. The second-order valence-electron chi connectivity index (χ2n) is 3.59. The van der Waals surface area contributed by atoms with Gasteiger partial charge in [0.1, 0.15) is 5.82 Å². The van der Waals surface area contributed by atoms with Crippen molar-refractivity contribution < 1.29 is 9.90 Å². The summed E-state index contributed by atoms with van der Waals surface area (Å²) in [6, 6.07) is 3.63. The number of carboxylic acid groups (broad SMARTS) is 1. The Bertz CT molecular complexity index is 374. The molecule has 0 aliphatic carbocycles. The highest BCUT2D eigenvalue weighted by molar-refractivity contribution is 6.30. The molecule has 6 heteroatoms. The lowest BCUT2D eigenvalue weighted by atomic mass is 10.3. The summed E-state index contributed by atoms with van der Waals surface area (Å²) in [5, 5.41) is 9.41. The zero-order chi connectivity index (χ0) is 11.5. The van der Waals surface area contributed by atoms with E-state index < -0.39 is 6.09 Å². The average Bonchev–Trinajstić information content (AvgIpc) is 2.30. The van der Waals surface area contributed by atoms with Crippen molar-refractivity contribution in [1.82, 2.24) is 9.88 Å². The van der Waals surface area contributed by atoms with Crippen LogP contribution in [0.15, 0.2) is 18.3 Å². The summed E-state index contributed by atoms with van der Waals surface area (Å²) in [6.07, 6.45) is 0.740. The number of halogens is 1. The van der Waals surface area contributed by atoms with Crippen LogP contribution >= 0.6 is 11.6 Å². The molecule has 86 valence electrons. The Morgan fingerprint density at radius 2 is 2.00 bits per heavy atom. The number of anilines is 1. The standard InChI is InChI=1S/C10H12ClN3O2/c11-8-1-2-9(12-7-8)13-3-5-14(6-4-13)10(15)16/h1-2,7H,3-6H2,(H,15,16). The number of pyridine rings is 1. The van der Waals surface area contributed by atoms with Crippen LogP contribution in [0.4, 0.5) is 10.6 Å². The Labute approximate surface area is 98.2 Å². The van der Waals surface area contributed by atoms with Crippen LogP contribution < -0.4 is 4.90 Å². The Balaban J connectivity index is 1.99. The predicted octanol–water partition coefficient (Wildman–Crippen LogP) is 1.54. The van der Waals surface area contributed by atoms with E-state index in [1.54, 1.807) is 12.3 Å². The number of aromatic nitrogens is 1. The van der Waals surface area contributed by atoms with Crippen LogP contribution in [-0.4, -0.2) is 47.3 Å². The third-order valence-corrected chi connectivity index (χ3v) is 2.81. The van der Waals surface area contributed by atoms with Gasteiger partial charge >= 0.3 is 6.09 Å². The SMILES string of the molecule is O=C(O)N1CCN(c2ccc(Cl)cn2)CC1. The topological polar surface area (TPSA) is 56.7 Å². The molecule has 1 aromatic rings. The second-order valence-corrected chi connectivity index (χ2v) is 4.03. The van der Waals surface area contributed by atoms with E-state index in [0.29, 0.717) is 31.2 Å². The lowest BCUT2D eigenvalue weighted by molar-refractivity contribution is 0.142. The second kappa shape index (κ2) is 4.57. The Morgan fingerprint density at radius 1 is 1.31 bits per heavy atom. The molecule has 16 heavy (non-hydrogen) atoms. The summed E-state index contributed by atoms with van der Waals surface area (Å²) in [4.78, 5) is 18.4. The molecule has 0 spiro atoms. The van der Waals surface area contributed by atoms with Crippen LogP contribution in [0.3, 0.4) is 0 Å². The summed E-state index contributed by atoms with van der Waals surface area (Å²) >= 11 is 5.75. The van der Waals surface area contributed by atoms with Gasteiger partial charge in [-0.15, -0.1) is 0 Å². The van der Waals surface area contributed by atoms with Gasteiger partial charge < -0.3 is 14.9 Å². The molecule has 1 fully saturated rings. The van der Waals surface area contributed by atoms with Gasteiger partial charge in [0.15, 0.2) is 0 Å². The van der Waals surface area contributed by atoms with E-state index in [9.17, 15) is 4.79 Å². The van der Waals surface area contributed by atoms with E-state index in [1.165, 1.54) is 4.90 Å². The van der Waals surface area contributed by atoms with E-state index in [0.717, 1.165) is 5.82 Å². The lowest BCUT2D eigenvalue weighted by Crippen LogP contribution is -2.48. The molecule has 0 radical (unpaired) electrons. The monoisotopic (exact) mass is 241 g/mol. The van der Waals surface area contributed by atoms with Crippen LogP contribution in [0.25, 0.3) is 0 Å². The fourth-order valence-corrected chi connectivity index (χ4v) is 1.79. The van der Waals surface area contributed by atoms with Crippen LogP contribution in [0.1, 0.15) is 0 Å². The highest BCUT2D eigenvalue weighted by Crippen LogP contribution is 2.15. The molecule has 0 atom stereocenters. The first kappa shape index (κ1) is 11.0. The van der Waals surface area contributed by atoms with Gasteiger partial charge in [-0.25, -0.2) is 9.78 Å². The maximum atomic E-state index is 10.7. The molecular formula is C10H12ClN3O2. The van der Waals surface area contributed by atoms with E-state index in [1.807, 2.05) is 6.07 Å². The minimum absolute atomic E-state index is 0.514. The predicted molar refractivity (Wildman–Crippen MR) is 61.1 cm³/mol. The summed E-state index contributed by atoms with van der Waals surface area (Å²) < 4.78 is 0. The van der Waals surface area contributed by atoms with E-state index in [-0.39, 0.29) is 0 Å². The molecule has 1 aromatic heterocycles. The normalized spacial score (nSPS) is 16.3. The Hall–Kier alpha value is -1.49. The number of carbonyl (C=O) groups is 1. The van der Waals surface area contributed by atoms with Gasteiger partial charge in [-0.2, -0.15) is 0 Å². The molecule has 2 heterocycles. The summed E-state index contributed by atoms with van der Waals surface area (Å²) in [5.74, 6) is 0.842. The first-order valence-electron chi connectivity index (χ1n) is 5.01. The molecule has 1 N–H and O–H groups in total. The number of hydrogen-bond donors (Lipinski definition) is 1. The number of nitrogens with zero attached hydrogens (tertiary/aromatic N) is 3.